The van der Waals surface area contributed by atoms with Crippen LogP contribution in [0.25, 0.3) is 0 Å². The van der Waals surface area contributed by atoms with E-state index in [0.717, 1.165) is 17.3 Å². The number of rotatable bonds is 3. The highest BCUT2D eigenvalue weighted by Crippen LogP contribution is 2.40. The lowest BCUT2D eigenvalue weighted by Crippen LogP contribution is -2.33. The molecule has 0 bridgehead atoms. The molecule has 1 heterocycles. The normalized spacial score (nSPS) is 20.8. The van der Waals surface area contributed by atoms with Crippen LogP contribution in [0.1, 0.15) is 57.7 Å². The molecule has 90 valence electrons. The van der Waals surface area contributed by atoms with Crippen molar-refractivity contribution in [2.45, 2.75) is 57.9 Å². The van der Waals surface area contributed by atoms with E-state index in [-0.39, 0.29) is 11.0 Å². The van der Waals surface area contributed by atoms with E-state index < -0.39 is 0 Å². The van der Waals surface area contributed by atoms with E-state index in [4.69, 9.17) is 10.7 Å². The Kier molecular flexibility index (Phi) is 2.87. The Labute approximate surface area is 102 Å². The fraction of sp³-hybridized carbons (Fsp3) is 0.769. The van der Waals surface area contributed by atoms with Crippen molar-refractivity contribution < 1.29 is 0 Å². The molecule has 3 heteroatoms. The molecule has 0 aromatic carbocycles. The van der Waals surface area contributed by atoms with Crippen LogP contribution in [0, 0.1) is 5.92 Å². The van der Waals surface area contributed by atoms with Crippen molar-refractivity contribution in [3.05, 3.63) is 16.1 Å². The fourth-order valence-electron chi connectivity index (χ4n) is 1.89. The highest BCUT2D eigenvalue weighted by Gasteiger charge is 2.34. The number of hydrogen-bond acceptors (Lipinski definition) is 3. The van der Waals surface area contributed by atoms with Gasteiger partial charge in [-0.1, -0.05) is 33.6 Å². The molecule has 1 aliphatic rings. The highest BCUT2D eigenvalue weighted by molar-refractivity contribution is 7.09. The van der Waals surface area contributed by atoms with E-state index in [1.807, 2.05) is 0 Å². The molecule has 0 radical (unpaired) electrons. The zero-order valence-corrected chi connectivity index (χ0v) is 11.5. The summed E-state index contributed by atoms with van der Waals surface area (Å²) in [6.07, 6.45) is 3.79. The summed E-state index contributed by atoms with van der Waals surface area (Å²) in [6.45, 7) is 8.71. The molecule has 1 aromatic heterocycles. The molecular weight excluding hydrogens is 216 g/mol. The lowest BCUT2D eigenvalue weighted by atomic mass is 9.92. The van der Waals surface area contributed by atoms with E-state index in [0.29, 0.717) is 0 Å². The van der Waals surface area contributed by atoms with Crippen LogP contribution in [-0.4, -0.2) is 4.98 Å². The molecule has 1 saturated carbocycles. The first-order chi connectivity index (χ1) is 7.29. The maximum absolute atomic E-state index is 6.38. The van der Waals surface area contributed by atoms with Crippen LogP contribution in [0.15, 0.2) is 5.38 Å². The molecule has 2 N–H and O–H groups in total. The van der Waals surface area contributed by atoms with Crippen LogP contribution < -0.4 is 5.73 Å². The second-order valence-corrected chi connectivity index (χ2v) is 7.21. The van der Waals surface area contributed by atoms with Crippen molar-refractivity contribution in [3.63, 3.8) is 0 Å². The van der Waals surface area contributed by atoms with Crippen LogP contribution >= 0.6 is 11.3 Å². The van der Waals surface area contributed by atoms with Gasteiger partial charge in [-0.15, -0.1) is 11.3 Å². The molecule has 16 heavy (non-hydrogen) atoms. The SMILES string of the molecule is CC(C)(C)c1csc(C(C)(N)CC2CC2)n1. The Balaban J connectivity index is 2.16. The molecular formula is C13H22N2S. The molecule has 1 unspecified atom stereocenters. The predicted octanol–water partition coefficient (Wildman–Crippen LogP) is 3.41. The Morgan fingerprint density at radius 2 is 2.00 bits per heavy atom. The van der Waals surface area contributed by atoms with Gasteiger partial charge in [-0.05, 0) is 19.3 Å². The summed E-state index contributed by atoms with van der Waals surface area (Å²) in [5.41, 5.74) is 7.45. The second kappa shape index (κ2) is 3.81. The number of nitrogens with zero attached hydrogens (tertiary/aromatic N) is 1. The Morgan fingerprint density at radius 3 is 2.44 bits per heavy atom. The first-order valence-electron chi connectivity index (χ1n) is 6.04. The van der Waals surface area contributed by atoms with E-state index in [1.54, 1.807) is 11.3 Å². The van der Waals surface area contributed by atoms with Crippen LogP contribution in [-0.2, 0) is 11.0 Å². The lowest BCUT2D eigenvalue weighted by Gasteiger charge is -2.22. The quantitative estimate of drug-likeness (QED) is 0.876. The van der Waals surface area contributed by atoms with Gasteiger partial charge in [-0.25, -0.2) is 4.98 Å². The van der Waals surface area contributed by atoms with Gasteiger partial charge in [0.15, 0.2) is 0 Å². The summed E-state index contributed by atoms with van der Waals surface area (Å²) in [5, 5.41) is 3.26. The summed E-state index contributed by atoms with van der Waals surface area (Å²) in [4.78, 5) is 4.73. The first kappa shape index (κ1) is 12.1. The lowest BCUT2D eigenvalue weighted by molar-refractivity contribution is 0.418. The molecule has 0 amide bonds. The molecule has 0 aliphatic heterocycles. The third-order valence-electron chi connectivity index (χ3n) is 3.17. The average molecular weight is 238 g/mol. The molecule has 2 rings (SSSR count). The Hall–Kier alpha value is -0.410. The molecule has 2 nitrogen and oxygen atoms in total. The largest absolute Gasteiger partial charge is 0.320 e. The van der Waals surface area contributed by atoms with Gasteiger partial charge < -0.3 is 5.73 Å². The Bertz CT molecular complexity index is 370. The van der Waals surface area contributed by atoms with Crippen molar-refractivity contribution in [2.75, 3.05) is 0 Å². The van der Waals surface area contributed by atoms with E-state index in [9.17, 15) is 0 Å². The molecule has 0 spiro atoms. The van der Waals surface area contributed by atoms with Gasteiger partial charge in [0.1, 0.15) is 5.01 Å². The summed E-state index contributed by atoms with van der Waals surface area (Å²) in [6, 6.07) is 0. The fourth-order valence-corrected chi connectivity index (χ4v) is 3.02. The minimum atomic E-state index is -0.227. The average Bonchev–Trinajstić information content (AvgIpc) is 2.79. The van der Waals surface area contributed by atoms with Gasteiger partial charge in [0.25, 0.3) is 0 Å². The van der Waals surface area contributed by atoms with Crippen molar-refractivity contribution in [3.8, 4) is 0 Å². The Morgan fingerprint density at radius 1 is 1.38 bits per heavy atom. The van der Waals surface area contributed by atoms with Gasteiger partial charge in [0.05, 0.1) is 11.2 Å². The molecule has 1 aliphatic carbocycles. The third-order valence-corrected chi connectivity index (χ3v) is 4.29. The second-order valence-electron chi connectivity index (χ2n) is 6.35. The van der Waals surface area contributed by atoms with Gasteiger partial charge in [-0.3, -0.25) is 0 Å². The highest BCUT2D eigenvalue weighted by atomic mass is 32.1. The smallest absolute Gasteiger partial charge is 0.113 e. The zero-order chi connectivity index (χ0) is 12.0. The van der Waals surface area contributed by atoms with Crippen LogP contribution in [0.5, 0.6) is 0 Å². The summed E-state index contributed by atoms with van der Waals surface area (Å²) in [5.74, 6) is 0.844. The third kappa shape index (κ3) is 2.64. The predicted molar refractivity (Wildman–Crippen MR) is 69.7 cm³/mol. The van der Waals surface area contributed by atoms with Crippen LogP contribution in [0.2, 0.25) is 0 Å². The number of nitrogens with two attached hydrogens (primary N) is 1. The van der Waals surface area contributed by atoms with Crippen molar-refractivity contribution in [1.82, 2.24) is 4.98 Å². The minimum absolute atomic E-state index is 0.129. The topological polar surface area (TPSA) is 38.9 Å². The van der Waals surface area contributed by atoms with Crippen LogP contribution in [0.3, 0.4) is 0 Å². The maximum atomic E-state index is 6.38. The molecule has 0 saturated heterocycles. The zero-order valence-electron chi connectivity index (χ0n) is 10.7. The molecule has 1 atom stereocenters. The first-order valence-corrected chi connectivity index (χ1v) is 6.92. The van der Waals surface area contributed by atoms with Gasteiger partial charge in [0, 0.05) is 10.8 Å². The van der Waals surface area contributed by atoms with Crippen molar-refractivity contribution in [1.29, 1.82) is 0 Å². The summed E-state index contributed by atoms with van der Waals surface area (Å²) < 4.78 is 0. The van der Waals surface area contributed by atoms with E-state index in [1.165, 1.54) is 18.5 Å². The van der Waals surface area contributed by atoms with Crippen LogP contribution in [0.4, 0.5) is 0 Å². The van der Waals surface area contributed by atoms with Gasteiger partial charge >= 0.3 is 0 Å². The van der Waals surface area contributed by atoms with Gasteiger partial charge in [0.2, 0.25) is 0 Å². The number of hydrogen-bond donors (Lipinski definition) is 1. The molecule has 1 fully saturated rings. The number of aromatic nitrogens is 1. The van der Waals surface area contributed by atoms with E-state index >= 15 is 0 Å². The van der Waals surface area contributed by atoms with Gasteiger partial charge in [-0.2, -0.15) is 0 Å². The summed E-state index contributed by atoms with van der Waals surface area (Å²) in [7, 11) is 0. The van der Waals surface area contributed by atoms with E-state index in [2.05, 4.69) is 33.1 Å². The van der Waals surface area contributed by atoms with Crippen molar-refractivity contribution in [2.24, 2.45) is 11.7 Å². The minimum Gasteiger partial charge on any atom is -0.320 e. The van der Waals surface area contributed by atoms with Crippen molar-refractivity contribution >= 4 is 11.3 Å². The molecule has 1 aromatic rings. The maximum Gasteiger partial charge on any atom is 0.113 e. The summed E-state index contributed by atoms with van der Waals surface area (Å²) >= 11 is 1.72. The monoisotopic (exact) mass is 238 g/mol. The standard InChI is InChI=1S/C13H22N2S/c1-12(2,3)10-8-16-11(15-10)13(4,14)7-9-5-6-9/h8-9H,5-7,14H2,1-4H3. The number of thiazole rings is 1.